The molecule has 0 aliphatic rings. The molecule has 0 saturated heterocycles. The van der Waals surface area contributed by atoms with Crippen LogP contribution < -0.4 is 11.1 Å². The van der Waals surface area contributed by atoms with E-state index >= 15 is 0 Å². The van der Waals surface area contributed by atoms with Gasteiger partial charge in [0.05, 0.1) is 23.6 Å². The second kappa shape index (κ2) is 9.19. The van der Waals surface area contributed by atoms with Crippen molar-refractivity contribution in [2.75, 3.05) is 5.75 Å². The predicted molar refractivity (Wildman–Crippen MR) is 117 cm³/mol. The molecule has 0 saturated carbocycles. The summed E-state index contributed by atoms with van der Waals surface area (Å²) in [7, 11) is 0. The fourth-order valence-electron chi connectivity index (χ4n) is 2.78. The van der Waals surface area contributed by atoms with Gasteiger partial charge >= 0.3 is 0 Å². The Labute approximate surface area is 178 Å². The van der Waals surface area contributed by atoms with Gasteiger partial charge in [-0.2, -0.15) is 0 Å². The molecule has 1 aromatic carbocycles. The second-order valence-corrected chi connectivity index (χ2v) is 8.39. The van der Waals surface area contributed by atoms with Crippen molar-refractivity contribution in [3.8, 4) is 10.6 Å². The van der Waals surface area contributed by atoms with Crippen molar-refractivity contribution in [2.45, 2.75) is 32.3 Å². The quantitative estimate of drug-likeness (QED) is 0.562. The maximum absolute atomic E-state index is 12.3. The average Bonchev–Trinajstić information content (AvgIpc) is 3.18. The smallest absolute Gasteiger partial charge is 0.251 e. The van der Waals surface area contributed by atoms with Gasteiger partial charge in [0.2, 0.25) is 5.91 Å². The number of nitrogens with one attached hydrogen (secondary N) is 1. The van der Waals surface area contributed by atoms with Gasteiger partial charge in [-0.1, -0.05) is 42.1 Å². The lowest BCUT2D eigenvalue weighted by Gasteiger charge is -2.13. The lowest BCUT2D eigenvalue weighted by atomic mass is 10.0. The van der Waals surface area contributed by atoms with Crippen molar-refractivity contribution in [1.29, 1.82) is 0 Å². The lowest BCUT2D eigenvalue weighted by molar-refractivity contribution is -0.118. The molecule has 0 aliphatic heterocycles. The Morgan fingerprint density at radius 2 is 1.83 bits per heavy atom. The highest BCUT2D eigenvalue weighted by Crippen LogP contribution is 2.27. The summed E-state index contributed by atoms with van der Waals surface area (Å²) in [5.41, 5.74) is 10.3. The van der Waals surface area contributed by atoms with Crippen molar-refractivity contribution in [3.05, 3.63) is 63.8 Å². The van der Waals surface area contributed by atoms with E-state index in [1.165, 1.54) is 11.8 Å². The number of pyridine rings is 1. The molecule has 8 heteroatoms. The molecule has 2 aromatic heterocycles. The van der Waals surface area contributed by atoms with Gasteiger partial charge in [-0.25, -0.2) is 9.97 Å². The summed E-state index contributed by atoms with van der Waals surface area (Å²) in [6.07, 6.45) is 0. The van der Waals surface area contributed by atoms with Crippen LogP contribution >= 0.6 is 23.1 Å². The molecule has 0 radical (unpaired) electrons. The fourth-order valence-corrected chi connectivity index (χ4v) is 4.58. The molecule has 150 valence electrons. The number of aromatic nitrogens is 2. The summed E-state index contributed by atoms with van der Waals surface area (Å²) in [5.74, 6) is -0.542. The minimum Gasteiger partial charge on any atom is -0.366 e. The molecule has 29 heavy (non-hydrogen) atoms. The zero-order valence-electron chi connectivity index (χ0n) is 16.5. The van der Waals surface area contributed by atoms with Crippen LogP contribution in [0.1, 0.15) is 32.9 Å². The normalized spacial score (nSPS) is 10.7. The topological polar surface area (TPSA) is 98.0 Å². The van der Waals surface area contributed by atoms with E-state index in [1.807, 2.05) is 56.5 Å². The third kappa shape index (κ3) is 5.02. The Hall–Kier alpha value is -2.71. The van der Waals surface area contributed by atoms with Crippen molar-refractivity contribution in [2.24, 2.45) is 5.73 Å². The Morgan fingerprint density at radius 3 is 2.52 bits per heavy atom. The van der Waals surface area contributed by atoms with Crippen molar-refractivity contribution in [3.63, 3.8) is 0 Å². The summed E-state index contributed by atoms with van der Waals surface area (Å²) < 4.78 is 0. The van der Waals surface area contributed by atoms with Crippen molar-refractivity contribution < 1.29 is 9.59 Å². The number of benzene rings is 1. The number of rotatable bonds is 7. The first kappa shape index (κ1) is 21.0. The van der Waals surface area contributed by atoms with Crippen LogP contribution in [0.3, 0.4) is 0 Å². The first-order valence-corrected chi connectivity index (χ1v) is 10.9. The number of thiazole rings is 1. The van der Waals surface area contributed by atoms with Crippen molar-refractivity contribution >= 4 is 34.9 Å². The predicted octanol–water partition coefficient (Wildman–Crippen LogP) is 3.64. The Kier molecular flexibility index (Phi) is 6.66. The number of carbonyl (C=O) groups is 2. The molecular weight excluding hydrogens is 404 g/mol. The molecule has 0 aliphatic carbocycles. The lowest BCUT2D eigenvalue weighted by Crippen LogP contribution is -2.25. The van der Waals surface area contributed by atoms with E-state index in [2.05, 4.69) is 15.3 Å². The number of carbonyl (C=O) groups excluding carboxylic acids is 2. The summed E-state index contributed by atoms with van der Waals surface area (Å²) in [6.45, 7) is 5.98. The van der Waals surface area contributed by atoms with Crippen LogP contribution in [0.25, 0.3) is 10.6 Å². The Morgan fingerprint density at radius 1 is 1.10 bits per heavy atom. The number of amides is 2. The van der Waals surface area contributed by atoms with Crippen LogP contribution in [0.2, 0.25) is 0 Å². The van der Waals surface area contributed by atoms with Gasteiger partial charge in [-0.05, 0) is 31.9 Å². The van der Waals surface area contributed by atoms with E-state index in [4.69, 9.17) is 5.73 Å². The van der Waals surface area contributed by atoms with Crippen LogP contribution in [-0.2, 0) is 11.3 Å². The third-order valence-electron chi connectivity index (χ3n) is 4.59. The van der Waals surface area contributed by atoms with E-state index in [1.54, 1.807) is 11.3 Å². The molecule has 6 nitrogen and oxygen atoms in total. The second-order valence-electron chi connectivity index (χ2n) is 6.57. The number of primary amides is 1. The number of nitrogens with zero attached hydrogens (tertiary/aromatic N) is 2. The van der Waals surface area contributed by atoms with Crippen LogP contribution in [0, 0.1) is 20.8 Å². The molecule has 0 bridgehead atoms. The van der Waals surface area contributed by atoms with E-state index in [0.29, 0.717) is 17.1 Å². The summed E-state index contributed by atoms with van der Waals surface area (Å²) in [4.78, 5) is 33.1. The molecule has 3 aromatic rings. The van der Waals surface area contributed by atoms with Gasteiger partial charge in [0.25, 0.3) is 5.91 Å². The largest absolute Gasteiger partial charge is 0.366 e. The first-order chi connectivity index (χ1) is 13.9. The minimum atomic E-state index is -0.531. The monoisotopic (exact) mass is 426 g/mol. The van der Waals surface area contributed by atoms with Gasteiger partial charge in [-0.15, -0.1) is 11.3 Å². The number of hydrogen-bond donors (Lipinski definition) is 2. The Bertz CT molecular complexity index is 1050. The highest BCUT2D eigenvalue weighted by molar-refractivity contribution is 8.00. The first-order valence-electron chi connectivity index (χ1n) is 9.03. The fraction of sp³-hybridized carbons (Fsp3) is 0.238. The standard InChI is InChI=1S/C21H22N4O2S2/c1-12-13(2)18(19(22)27)21(24-14(12)3)29-11-17(26)23-9-16-10-28-20(25-16)15-7-5-4-6-8-15/h4-8,10H,9,11H2,1-3H3,(H2,22,27)(H,23,26). The van der Waals surface area contributed by atoms with Gasteiger partial charge in [0, 0.05) is 16.6 Å². The molecule has 0 atom stereocenters. The molecule has 0 unspecified atom stereocenters. The SMILES string of the molecule is Cc1nc(SCC(=O)NCc2csc(-c3ccccc3)n2)c(C(N)=O)c(C)c1C. The average molecular weight is 427 g/mol. The van der Waals surface area contributed by atoms with Crippen LogP contribution in [0.5, 0.6) is 0 Å². The third-order valence-corrected chi connectivity index (χ3v) is 6.50. The molecule has 2 heterocycles. The molecule has 0 fully saturated rings. The highest BCUT2D eigenvalue weighted by Gasteiger charge is 2.18. The number of hydrogen-bond acceptors (Lipinski definition) is 6. The van der Waals surface area contributed by atoms with E-state index in [9.17, 15) is 9.59 Å². The molecule has 0 spiro atoms. The summed E-state index contributed by atoms with van der Waals surface area (Å²) in [5, 5.41) is 6.22. The van der Waals surface area contributed by atoms with E-state index < -0.39 is 5.91 Å². The van der Waals surface area contributed by atoms with Gasteiger partial charge < -0.3 is 11.1 Å². The highest BCUT2D eigenvalue weighted by atomic mass is 32.2. The number of nitrogens with two attached hydrogens (primary N) is 1. The maximum Gasteiger partial charge on any atom is 0.251 e. The zero-order valence-corrected chi connectivity index (χ0v) is 18.1. The number of aryl methyl sites for hydroxylation is 1. The minimum absolute atomic E-state index is 0.144. The molecule has 3 rings (SSSR count). The zero-order chi connectivity index (χ0) is 21.0. The van der Waals surface area contributed by atoms with E-state index in [-0.39, 0.29) is 11.7 Å². The van der Waals surface area contributed by atoms with E-state index in [0.717, 1.165) is 33.1 Å². The molecular formula is C21H22N4O2S2. The number of thioether (sulfide) groups is 1. The summed E-state index contributed by atoms with van der Waals surface area (Å²) in [6, 6.07) is 9.92. The summed E-state index contributed by atoms with van der Waals surface area (Å²) >= 11 is 2.76. The van der Waals surface area contributed by atoms with Gasteiger partial charge in [0.1, 0.15) is 10.0 Å². The van der Waals surface area contributed by atoms with Gasteiger partial charge in [-0.3, -0.25) is 9.59 Å². The Balaban J connectivity index is 1.60. The van der Waals surface area contributed by atoms with Crippen LogP contribution in [0.4, 0.5) is 0 Å². The van der Waals surface area contributed by atoms with Gasteiger partial charge in [0.15, 0.2) is 0 Å². The molecule has 2 amide bonds. The van der Waals surface area contributed by atoms with Crippen LogP contribution in [0.15, 0.2) is 40.7 Å². The molecule has 3 N–H and O–H groups in total. The van der Waals surface area contributed by atoms with Crippen LogP contribution in [-0.4, -0.2) is 27.5 Å². The van der Waals surface area contributed by atoms with Crippen molar-refractivity contribution in [1.82, 2.24) is 15.3 Å². The maximum atomic E-state index is 12.3.